The van der Waals surface area contributed by atoms with Gasteiger partial charge in [-0.05, 0) is 86.3 Å². The number of carboxylic acid groups (broad SMARTS) is 1. The van der Waals surface area contributed by atoms with Gasteiger partial charge in [0, 0.05) is 37.5 Å². The third kappa shape index (κ3) is 6.05. The summed E-state index contributed by atoms with van der Waals surface area (Å²) in [5.74, 6) is 0.576. The van der Waals surface area contributed by atoms with Crippen LogP contribution in [0.25, 0.3) is 0 Å². The van der Waals surface area contributed by atoms with Gasteiger partial charge in [-0.15, -0.1) is 0 Å². The maximum Gasteiger partial charge on any atom is 0.416 e. The van der Waals surface area contributed by atoms with E-state index in [0.29, 0.717) is 12.0 Å². The Kier molecular flexibility index (Phi) is 8.18. The summed E-state index contributed by atoms with van der Waals surface area (Å²) >= 11 is 0. The minimum atomic E-state index is -4.80. The van der Waals surface area contributed by atoms with Crippen molar-refractivity contribution in [3.05, 3.63) is 68.3 Å². The number of carbonyl (C=O) groups is 1. The first-order chi connectivity index (χ1) is 18.0. The second-order valence-corrected chi connectivity index (χ2v) is 10.5. The van der Waals surface area contributed by atoms with Gasteiger partial charge in [0.15, 0.2) is 0 Å². The summed E-state index contributed by atoms with van der Waals surface area (Å²) in [5, 5.41) is 21.5. The fraction of sp³-hybridized carbons (Fsp3) is 0.536. The van der Waals surface area contributed by atoms with E-state index in [1.807, 2.05) is 0 Å². The summed E-state index contributed by atoms with van der Waals surface area (Å²) in [6, 6.07) is 5.82. The second-order valence-electron chi connectivity index (χ2n) is 10.5. The molecular formula is C28H34F3N3O4. The first-order valence-electron chi connectivity index (χ1n) is 13.2. The number of nitro benzene ring substituents is 1. The first kappa shape index (κ1) is 27.7. The number of amides is 1. The van der Waals surface area contributed by atoms with Crippen molar-refractivity contribution in [3.8, 4) is 0 Å². The standard InChI is InChI=1S/C28H34F3N3O4/c1-3-32(16-19-7-4-5-8-19)26-14-22-10-6-9-21(22)13-25(26)18(2)33(27(35)36)17-20-11-23(28(29,30)31)15-24(12-20)34(37)38/h11-15,18-19H,3-10,16-17H2,1-2H3,(H,35,36). The molecule has 0 aromatic heterocycles. The summed E-state index contributed by atoms with van der Waals surface area (Å²) < 4.78 is 40.3. The number of alkyl halides is 3. The number of anilines is 1. The molecule has 1 amide bonds. The van der Waals surface area contributed by atoms with E-state index in [-0.39, 0.29) is 5.56 Å². The predicted molar refractivity (Wildman–Crippen MR) is 138 cm³/mol. The summed E-state index contributed by atoms with van der Waals surface area (Å²) in [5.41, 5.74) is 2.24. The Morgan fingerprint density at radius 2 is 1.76 bits per heavy atom. The van der Waals surface area contributed by atoms with Gasteiger partial charge in [0.1, 0.15) is 0 Å². The van der Waals surface area contributed by atoms with Crippen LogP contribution in [0.2, 0.25) is 0 Å². The lowest BCUT2D eigenvalue weighted by atomic mass is 9.96. The average Bonchev–Trinajstić information content (AvgIpc) is 3.55. The van der Waals surface area contributed by atoms with Crippen molar-refractivity contribution >= 4 is 17.5 Å². The fourth-order valence-corrected chi connectivity index (χ4v) is 5.91. The largest absolute Gasteiger partial charge is 0.465 e. The van der Waals surface area contributed by atoms with Gasteiger partial charge < -0.3 is 10.0 Å². The van der Waals surface area contributed by atoms with Crippen LogP contribution in [-0.4, -0.2) is 34.1 Å². The summed E-state index contributed by atoms with van der Waals surface area (Å²) in [4.78, 5) is 26.2. The third-order valence-corrected chi connectivity index (χ3v) is 7.95. The number of hydrogen-bond donors (Lipinski definition) is 1. The zero-order valence-electron chi connectivity index (χ0n) is 21.8. The van der Waals surface area contributed by atoms with Gasteiger partial charge in [-0.1, -0.05) is 18.9 Å². The van der Waals surface area contributed by atoms with Crippen molar-refractivity contribution in [1.29, 1.82) is 0 Å². The molecule has 1 fully saturated rings. The predicted octanol–water partition coefficient (Wildman–Crippen LogP) is 7.36. The lowest BCUT2D eigenvalue weighted by Crippen LogP contribution is -2.34. The fourth-order valence-electron chi connectivity index (χ4n) is 5.91. The minimum absolute atomic E-state index is 0.0817. The van der Waals surface area contributed by atoms with E-state index >= 15 is 0 Å². The van der Waals surface area contributed by atoms with Crippen molar-refractivity contribution in [3.63, 3.8) is 0 Å². The second kappa shape index (κ2) is 11.2. The van der Waals surface area contributed by atoms with E-state index in [1.165, 1.54) is 36.8 Å². The minimum Gasteiger partial charge on any atom is -0.465 e. The van der Waals surface area contributed by atoms with E-state index in [0.717, 1.165) is 60.6 Å². The molecule has 38 heavy (non-hydrogen) atoms. The molecule has 206 valence electrons. The van der Waals surface area contributed by atoms with Crippen LogP contribution in [0.4, 0.5) is 29.3 Å². The molecule has 0 aliphatic heterocycles. The molecule has 1 atom stereocenters. The molecule has 4 rings (SSSR count). The van der Waals surface area contributed by atoms with Crippen molar-refractivity contribution in [2.45, 2.75) is 77.6 Å². The molecule has 10 heteroatoms. The van der Waals surface area contributed by atoms with E-state index in [1.54, 1.807) is 6.92 Å². The SMILES string of the molecule is CCN(CC1CCCC1)c1cc2c(cc1C(C)N(Cc1cc([N+](=O)[O-])cc(C(F)(F)F)c1)C(=O)O)CCC2. The Bertz CT molecular complexity index is 1190. The number of nitro groups is 1. The lowest BCUT2D eigenvalue weighted by molar-refractivity contribution is -0.385. The van der Waals surface area contributed by atoms with E-state index in [2.05, 4.69) is 24.0 Å². The Morgan fingerprint density at radius 1 is 1.11 bits per heavy atom. The van der Waals surface area contributed by atoms with Crippen LogP contribution in [0, 0.1) is 16.0 Å². The Hall–Kier alpha value is -3.30. The molecule has 0 radical (unpaired) electrons. The zero-order valence-corrected chi connectivity index (χ0v) is 21.8. The number of nitrogens with zero attached hydrogens (tertiary/aromatic N) is 3. The number of fused-ring (bicyclic) bond motifs is 1. The maximum atomic E-state index is 13.4. The van der Waals surface area contributed by atoms with Gasteiger partial charge in [0.2, 0.25) is 0 Å². The highest BCUT2D eigenvalue weighted by atomic mass is 19.4. The quantitative estimate of drug-likeness (QED) is 0.269. The molecule has 0 heterocycles. The molecule has 0 saturated heterocycles. The summed E-state index contributed by atoms with van der Waals surface area (Å²) in [7, 11) is 0. The maximum absolute atomic E-state index is 13.4. The zero-order chi connectivity index (χ0) is 27.6. The number of halogens is 3. The van der Waals surface area contributed by atoms with Crippen LogP contribution < -0.4 is 4.90 Å². The normalized spacial score (nSPS) is 16.3. The van der Waals surface area contributed by atoms with Crippen molar-refractivity contribution in [1.82, 2.24) is 4.90 Å². The summed E-state index contributed by atoms with van der Waals surface area (Å²) in [6.45, 7) is 5.03. The monoisotopic (exact) mass is 533 g/mol. The highest BCUT2D eigenvalue weighted by Gasteiger charge is 2.34. The van der Waals surface area contributed by atoms with Crippen molar-refractivity contribution in [2.24, 2.45) is 5.92 Å². The molecule has 7 nitrogen and oxygen atoms in total. The lowest BCUT2D eigenvalue weighted by Gasteiger charge is -2.34. The van der Waals surface area contributed by atoms with E-state index < -0.39 is 41.0 Å². The van der Waals surface area contributed by atoms with Gasteiger partial charge in [-0.3, -0.25) is 15.0 Å². The van der Waals surface area contributed by atoms with Gasteiger partial charge in [0.05, 0.1) is 16.5 Å². The van der Waals surface area contributed by atoms with Crippen LogP contribution >= 0.6 is 0 Å². The molecule has 1 saturated carbocycles. The molecule has 1 N–H and O–H groups in total. The van der Waals surface area contributed by atoms with E-state index in [9.17, 15) is 33.2 Å². The summed E-state index contributed by atoms with van der Waals surface area (Å²) in [6.07, 6.45) is 1.56. The molecule has 2 aliphatic carbocycles. The van der Waals surface area contributed by atoms with Gasteiger partial charge in [-0.2, -0.15) is 13.2 Å². The van der Waals surface area contributed by atoms with Gasteiger partial charge in [0.25, 0.3) is 5.69 Å². The van der Waals surface area contributed by atoms with Gasteiger partial charge in [-0.25, -0.2) is 4.79 Å². The van der Waals surface area contributed by atoms with Crippen molar-refractivity contribution < 1.29 is 28.0 Å². The molecule has 2 aliphatic rings. The number of hydrogen-bond acceptors (Lipinski definition) is 4. The van der Waals surface area contributed by atoms with Crippen LogP contribution in [0.1, 0.15) is 79.8 Å². The Morgan fingerprint density at radius 3 is 2.34 bits per heavy atom. The third-order valence-electron chi connectivity index (χ3n) is 7.95. The Labute approximate surface area is 220 Å². The van der Waals surface area contributed by atoms with Crippen LogP contribution in [-0.2, 0) is 25.6 Å². The smallest absolute Gasteiger partial charge is 0.416 e. The highest BCUT2D eigenvalue weighted by molar-refractivity contribution is 5.68. The van der Waals surface area contributed by atoms with Crippen LogP contribution in [0.3, 0.4) is 0 Å². The van der Waals surface area contributed by atoms with Crippen LogP contribution in [0.5, 0.6) is 0 Å². The molecule has 1 unspecified atom stereocenters. The first-order valence-corrected chi connectivity index (χ1v) is 13.2. The molecule has 2 aromatic carbocycles. The average molecular weight is 534 g/mol. The number of non-ortho nitro benzene ring substituents is 1. The topological polar surface area (TPSA) is 86.9 Å². The molecule has 2 aromatic rings. The number of rotatable bonds is 9. The molecule has 0 spiro atoms. The Balaban J connectivity index is 1.72. The highest BCUT2D eigenvalue weighted by Crippen LogP contribution is 2.39. The van der Waals surface area contributed by atoms with Crippen molar-refractivity contribution in [2.75, 3.05) is 18.0 Å². The van der Waals surface area contributed by atoms with E-state index in [4.69, 9.17) is 0 Å². The number of aryl methyl sites for hydroxylation is 2. The van der Waals surface area contributed by atoms with Crippen LogP contribution in [0.15, 0.2) is 30.3 Å². The number of benzene rings is 2. The molecular weight excluding hydrogens is 499 g/mol. The van der Waals surface area contributed by atoms with Gasteiger partial charge >= 0.3 is 12.3 Å². The molecule has 0 bridgehead atoms.